The summed E-state index contributed by atoms with van der Waals surface area (Å²) in [5.74, 6) is 5.41. The molecular weight excluding hydrogens is 152 g/mol. The quantitative estimate of drug-likeness (QED) is 0.531. The lowest BCUT2D eigenvalue weighted by atomic mass is 10.0. The van der Waals surface area contributed by atoms with Gasteiger partial charge in [0.2, 0.25) is 0 Å². The van der Waals surface area contributed by atoms with Gasteiger partial charge in [-0.15, -0.1) is 0 Å². The average molecular weight is 168 g/mol. The lowest BCUT2D eigenvalue weighted by molar-refractivity contribution is 0.106. The smallest absolute Gasteiger partial charge is 0.125 e. The molecule has 2 nitrogen and oxygen atoms in total. The summed E-state index contributed by atoms with van der Waals surface area (Å²) in [5.41, 5.74) is -1.81. The second-order valence-corrected chi connectivity index (χ2v) is 4.05. The van der Waals surface area contributed by atoms with Gasteiger partial charge in [-0.05, 0) is 39.5 Å². The van der Waals surface area contributed by atoms with Crippen molar-refractivity contribution in [3.8, 4) is 11.8 Å². The fourth-order valence-electron chi connectivity index (χ4n) is 1.35. The van der Waals surface area contributed by atoms with Crippen molar-refractivity contribution < 1.29 is 10.2 Å². The van der Waals surface area contributed by atoms with E-state index >= 15 is 0 Å². The minimum atomic E-state index is -0.988. The van der Waals surface area contributed by atoms with Gasteiger partial charge in [-0.3, -0.25) is 0 Å². The molecule has 0 radical (unpaired) electrons. The van der Waals surface area contributed by atoms with E-state index in [1.54, 1.807) is 13.8 Å². The summed E-state index contributed by atoms with van der Waals surface area (Å²) in [6.07, 6.45) is 3.57. The normalized spacial score (nSPS) is 21.7. The third kappa shape index (κ3) is 2.84. The highest BCUT2D eigenvalue weighted by Crippen LogP contribution is 2.28. The van der Waals surface area contributed by atoms with E-state index in [0.29, 0.717) is 0 Å². The monoisotopic (exact) mass is 168 g/mol. The topological polar surface area (TPSA) is 40.5 Å². The molecule has 0 aliphatic heterocycles. The molecule has 0 aromatic heterocycles. The first-order valence-corrected chi connectivity index (χ1v) is 4.40. The molecule has 0 saturated heterocycles. The van der Waals surface area contributed by atoms with E-state index in [2.05, 4.69) is 11.8 Å². The van der Waals surface area contributed by atoms with Gasteiger partial charge in [-0.25, -0.2) is 0 Å². The molecular formula is C10H16O2. The van der Waals surface area contributed by atoms with E-state index in [4.69, 9.17) is 0 Å². The molecule has 0 atom stereocenters. The summed E-state index contributed by atoms with van der Waals surface area (Å²) < 4.78 is 0. The van der Waals surface area contributed by atoms with E-state index in [9.17, 15) is 10.2 Å². The Morgan fingerprint density at radius 3 is 2.17 bits per heavy atom. The molecule has 0 amide bonds. The zero-order valence-electron chi connectivity index (χ0n) is 7.72. The zero-order chi connectivity index (χ0) is 9.24. The maximum absolute atomic E-state index is 9.77. The van der Waals surface area contributed by atoms with Crippen molar-refractivity contribution in [2.75, 3.05) is 0 Å². The zero-order valence-corrected chi connectivity index (χ0v) is 7.72. The Hall–Kier alpha value is -0.520. The van der Waals surface area contributed by atoms with Crippen molar-refractivity contribution in [3.05, 3.63) is 0 Å². The summed E-state index contributed by atoms with van der Waals surface area (Å²) in [6, 6.07) is 0. The van der Waals surface area contributed by atoms with Crippen LogP contribution in [0.3, 0.4) is 0 Å². The minimum Gasteiger partial charge on any atom is -0.378 e. The highest BCUT2D eigenvalue weighted by Gasteiger charge is 2.29. The molecule has 0 aromatic carbocycles. The van der Waals surface area contributed by atoms with Crippen LogP contribution >= 0.6 is 0 Å². The number of rotatable bonds is 0. The fraction of sp³-hybridized carbons (Fsp3) is 0.800. The van der Waals surface area contributed by atoms with Gasteiger partial charge in [0.05, 0.1) is 0 Å². The fourth-order valence-corrected chi connectivity index (χ4v) is 1.35. The first-order valence-electron chi connectivity index (χ1n) is 4.40. The van der Waals surface area contributed by atoms with Crippen molar-refractivity contribution in [1.29, 1.82) is 0 Å². The van der Waals surface area contributed by atoms with Crippen LogP contribution in [0.5, 0.6) is 0 Å². The van der Waals surface area contributed by atoms with Crippen molar-refractivity contribution in [2.24, 2.45) is 0 Å². The van der Waals surface area contributed by atoms with Gasteiger partial charge in [-0.2, -0.15) is 0 Å². The SMILES string of the molecule is CC(C)(O)C#CC1(O)CCCC1. The molecule has 0 bridgehead atoms. The second kappa shape index (κ2) is 3.08. The summed E-state index contributed by atoms with van der Waals surface area (Å²) in [4.78, 5) is 0. The standard InChI is InChI=1S/C10H16O2/c1-9(2,11)7-8-10(12)5-3-4-6-10/h11-12H,3-6H2,1-2H3. The highest BCUT2D eigenvalue weighted by molar-refractivity contribution is 5.20. The molecule has 1 rings (SSSR count). The number of aliphatic hydroxyl groups is 2. The molecule has 0 heterocycles. The second-order valence-electron chi connectivity index (χ2n) is 4.05. The van der Waals surface area contributed by atoms with E-state index < -0.39 is 11.2 Å². The summed E-state index contributed by atoms with van der Waals surface area (Å²) in [7, 11) is 0. The van der Waals surface area contributed by atoms with Crippen LogP contribution in [0, 0.1) is 11.8 Å². The maximum Gasteiger partial charge on any atom is 0.125 e. The lowest BCUT2D eigenvalue weighted by Gasteiger charge is -2.15. The van der Waals surface area contributed by atoms with Crippen molar-refractivity contribution in [1.82, 2.24) is 0 Å². The van der Waals surface area contributed by atoms with Gasteiger partial charge in [0.15, 0.2) is 0 Å². The predicted molar refractivity (Wildman–Crippen MR) is 47.5 cm³/mol. The minimum absolute atomic E-state index is 0.746. The molecule has 68 valence electrons. The molecule has 0 spiro atoms. The van der Waals surface area contributed by atoms with Crippen molar-refractivity contribution >= 4 is 0 Å². The van der Waals surface area contributed by atoms with Crippen LogP contribution in [0.2, 0.25) is 0 Å². The van der Waals surface area contributed by atoms with Crippen molar-refractivity contribution in [3.63, 3.8) is 0 Å². The molecule has 0 unspecified atom stereocenters. The lowest BCUT2D eigenvalue weighted by Crippen LogP contribution is -2.23. The third-order valence-corrected chi connectivity index (χ3v) is 2.03. The molecule has 1 aliphatic carbocycles. The van der Waals surface area contributed by atoms with Crippen LogP contribution in [0.1, 0.15) is 39.5 Å². The Bertz CT molecular complexity index is 208. The summed E-state index contributed by atoms with van der Waals surface area (Å²) in [5, 5.41) is 19.1. The van der Waals surface area contributed by atoms with E-state index in [0.717, 1.165) is 25.7 Å². The highest BCUT2D eigenvalue weighted by atomic mass is 16.3. The average Bonchev–Trinajstić information content (AvgIpc) is 2.32. The first-order chi connectivity index (χ1) is 5.41. The maximum atomic E-state index is 9.77. The Labute approximate surface area is 73.6 Å². The van der Waals surface area contributed by atoms with Crippen LogP contribution in [-0.4, -0.2) is 21.4 Å². The largest absolute Gasteiger partial charge is 0.378 e. The van der Waals surface area contributed by atoms with Gasteiger partial charge in [0.25, 0.3) is 0 Å². The molecule has 1 aliphatic rings. The Kier molecular flexibility index (Phi) is 2.46. The molecule has 12 heavy (non-hydrogen) atoms. The molecule has 1 fully saturated rings. The van der Waals surface area contributed by atoms with Gasteiger partial charge in [0, 0.05) is 0 Å². The van der Waals surface area contributed by atoms with E-state index in [1.807, 2.05) is 0 Å². The predicted octanol–water partition coefficient (Wildman–Crippen LogP) is 1.07. The molecule has 2 heteroatoms. The Balaban J connectivity index is 2.63. The van der Waals surface area contributed by atoms with Gasteiger partial charge in [0.1, 0.15) is 11.2 Å². The number of hydrogen-bond donors (Lipinski definition) is 2. The van der Waals surface area contributed by atoms with Crippen LogP contribution in [0.4, 0.5) is 0 Å². The van der Waals surface area contributed by atoms with Crippen LogP contribution in [0.15, 0.2) is 0 Å². The van der Waals surface area contributed by atoms with Gasteiger partial charge in [-0.1, -0.05) is 11.8 Å². The molecule has 0 aromatic rings. The Morgan fingerprint density at radius 1 is 1.25 bits per heavy atom. The summed E-state index contributed by atoms with van der Waals surface area (Å²) >= 11 is 0. The van der Waals surface area contributed by atoms with Crippen LogP contribution in [0.25, 0.3) is 0 Å². The summed E-state index contributed by atoms with van der Waals surface area (Å²) in [6.45, 7) is 3.25. The number of hydrogen-bond acceptors (Lipinski definition) is 2. The first kappa shape index (κ1) is 9.57. The van der Waals surface area contributed by atoms with Crippen molar-refractivity contribution in [2.45, 2.75) is 50.7 Å². The van der Waals surface area contributed by atoms with Crippen LogP contribution < -0.4 is 0 Å². The van der Waals surface area contributed by atoms with Gasteiger partial charge < -0.3 is 10.2 Å². The molecule has 1 saturated carbocycles. The molecule has 2 N–H and O–H groups in total. The van der Waals surface area contributed by atoms with Gasteiger partial charge >= 0.3 is 0 Å². The van der Waals surface area contributed by atoms with Crippen LogP contribution in [-0.2, 0) is 0 Å². The van der Waals surface area contributed by atoms with E-state index in [-0.39, 0.29) is 0 Å². The Morgan fingerprint density at radius 2 is 1.75 bits per heavy atom. The van der Waals surface area contributed by atoms with E-state index in [1.165, 1.54) is 0 Å². The third-order valence-electron chi connectivity index (χ3n) is 2.03.